The molecule has 2 heterocycles. The number of methoxy groups -OCH3 is 1. The Labute approximate surface area is 154 Å². The third-order valence-corrected chi connectivity index (χ3v) is 6.75. The summed E-state index contributed by atoms with van der Waals surface area (Å²) in [5, 5.41) is 12.6. The monoisotopic (exact) mass is 357 g/mol. The lowest BCUT2D eigenvalue weighted by Crippen LogP contribution is -2.35. The minimum absolute atomic E-state index is 0.295. The second-order valence-electron chi connectivity index (χ2n) is 7.36. The number of likely N-dealkylation sites (tertiary alicyclic amines) is 1. The number of aliphatic hydroxyl groups excluding tert-OH is 1. The maximum Gasteiger partial charge on any atom is 0.123 e. The van der Waals surface area contributed by atoms with Crippen LogP contribution in [0.1, 0.15) is 46.9 Å². The van der Waals surface area contributed by atoms with Crippen molar-refractivity contribution in [2.75, 3.05) is 20.2 Å². The van der Waals surface area contributed by atoms with Crippen molar-refractivity contribution in [2.45, 2.75) is 44.8 Å². The summed E-state index contributed by atoms with van der Waals surface area (Å²) >= 11 is 1.66. The molecule has 4 heteroatoms. The van der Waals surface area contributed by atoms with E-state index in [-0.39, 0.29) is 6.10 Å². The van der Waals surface area contributed by atoms with Crippen LogP contribution in [-0.4, -0.2) is 30.2 Å². The van der Waals surface area contributed by atoms with E-state index in [0.29, 0.717) is 5.92 Å². The van der Waals surface area contributed by atoms with Crippen LogP contribution in [0.3, 0.4) is 0 Å². The van der Waals surface area contributed by atoms with Gasteiger partial charge in [-0.2, -0.15) is 0 Å². The minimum Gasteiger partial charge on any atom is -0.496 e. The molecular formula is C21H27NO2S. The number of hydrogen-bond acceptors (Lipinski definition) is 4. The topological polar surface area (TPSA) is 32.7 Å². The van der Waals surface area contributed by atoms with E-state index in [4.69, 9.17) is 4.74 Å². The average Bonchev–Trinajstić information content (AvgIpc) is 3.32. The molecule has 0 bridgehead atoms. The van der Waals surface area contributed by atoms with Gasteiger partial charge in [0.1, 0.15) is 5.75 Å². The van der Waals surface area contributed by atoms with Crippen LogP contribution in [0.2, 0.25) is 0 Å². The predicted octanol–water partition coefficient (Wildman–Crippen LogP) is 4.19. The molecular weight excluding hydrogens is 330 g/mol. The zero-order valence-corrected chi connectivity index (χ0v) is 15.7. The molecule has 1 aromatic heterocycles. The largest absolute Gasteiger partial charge is 0.496 e. The van der Waals surface area contributed by atoms with Gasteiger partial charge in [-0.05, 0) is 79.8 Å². The molecule has 0 saturated carbocycles. The van der Waals surface area contributed by atoms with Gasteiger partial charge in [-0.15, -0.1) is 11.3 Å². The molecule has 2 aliphatic rings. The lowest BCUT2D eigenvalue weighted by Gasteiger charge is -2.34. The molecule has 1 unspecified atom stereocenters. The molecule has 25 heavy (non-hydrogen) atoms. The first kappa shape index (κ1) is 17.1. The molecule has 1 aromatic carbocycles. The Morgan fingerprint density at radius 3 is 2.68 bits per heavy atom. The lowest BCUT2D eigenvalue weighted by atomic mass is 9.90. The van der Waals surface area contributed by atoms with E-state index >= 15 is 0 Å². The smallest absolute Gasteiger partial charge is 0.123 e. The normalized spacial score (nSPS) is 19.8. The third kappa shape index (κ3) is 3.62. The van der Waals surface area contributed by atoms with Gasteiger partial charge in [-0.1, -0.05) is 12.1 Å². The van der Waals surface area contributed by atoms with Crippen LogP contribution in [0.15, 0.2) is 29.6 Å². The standard InChI is InChI=1S/C21H27NO2S/c1-24-19-13-17-5-2-4-16(17)12-18(19)14-22-9-7-15(8-10-22)21(23)20-6-3-11-25-20/h3,6,11-13,15,21,23H,2,4-5,7-10,14H2,1H3. The Kier molecular flexibility index (Phi) is 5.11. The summed E-state index contributed by atoms with van der Waals surface area (Å²) in [6.45, 7) is 3.05. The van der Waals surface area contributed by atoms with Gasteiger partial charge in [0.25, 0.3) is 0 Å². The number of piperidine rings is 1. The zero-order valence-electron chi connectivity index (χ0n) is 14.9. The number of benzene rings is 1. The summed E-state index contributed by atoms with van der Waals surface area (Å²) in [6.07, 6.45) is 5.50. The van der Waals surface area contributed by atoms with E-state index in [9.17, 15) is 5.11 Å². The van der Waals surface area contributed by atoms with Crippen LogP contribution in [0.25, 0.3) is 0 Å². The number of rotatable bonds is 5. The Morgan fingerprint density at radius 2 is 2.00 bits per heavy atom. The van der Waals surface area contributed by atoms with Gasteiger partial charge in [-0.3, -0.25) is 4.90 Å². The van der Waals surface area contributed by atoms with Crippen molar-refractivity contribution in [1.29, 1.82) is 0 Å². The Balaban J connectivity index is 1.39. The minimum atomic E-state index is -0.295. The first-order valence-electron chi connectivity index (χ1n) is 9.37. The maximum absolute atomic E-state index is 10.6. The number of nitrogens with zero attached hydrogens (tertiary/aromatic N) is 1. The number of fused-ring (bicyclic) bond motifs is 1. The third-order valence-electron chi connectivity index (χ3n) is 5.80. The molecule has 4 rings (SSSR count). The summed E-state index contributed by atoms with van der Waals surface area (Å²) in [7, 11) is 1.78. The molecule has 1 aliphatic heterocycles. The number of thiophene rings is 1. The first-order valence-corrected chi connectivity index (χ1v) is 10.2. The second-order valence-corrected chi connectivity index (χ2v) is 8.34. The zero-order chi connectivity index (χ0) is 17.2. The van der Waals surface area contributed by atoms with Gasteiger partial charge in [0.15, 0.2) is 0 Å². The van der Waals surface area contributed by atoms with Crippen LogP contribution >= 0.6 is 11.3 Å². The molecule has 1 fully saturated rings. The number of aliphatic hydroxyl groups is 1. The van der Waals surface area contributed by atoms with Crippen molar-refractivity contribution in [1.82, 2.24) is 4.90 Å². The summed E-state index contributed by atoms with van der Waals surface area (Å²) in [4.78, 5) is 3.62. The Hall–Kier alpha value is -1.36. The van der Waals surface area contributed by atoms with Crippen molar-refractivity contribution < 1.29 is 9.84 Å². The van der Waals surface area contributed by atoms with E-state index in [1.807, 2.05) is 11.4 Å². The highest BCUT2D eigenvalue weighted by Gasteiger charge is 2.27. The molecule has 3 nitrogen and oxygen atoms in total. The van der Waals surface area contributed by atoms with Gasteiger partial charge >= 0.3 is 0 Å². The van der Waals surface area contributed by atoms with Crippen molar-refractivity contribution in [2.24, 2.45) is 5.92 Å². The van der Waals surface area contributed by atoms with Gasteiger partial charge < -0.3 is 9.84 Å². The fourth-order valence-corrected chi connectivity index (χ4v) is 5.13. The van der Waals surface area contributed by atoms with Crippen LogP contribution in [0.5, 0.6) is 5.75 Å². The SMILES string of the molecule is COc1cc2c(cc1CN1CCC(C(O)c3cccs3)CC1)CCC2. The Bertz CT molecular complexity index is 705. The molecule has 1 atom stereocenters. The molecule has 1 aliphatic carbocycles. The predicted molar refractivity (Wildman–Crippen MR) is 102 cm³/mol. The highest BCUT2D eigenvalue weighted by atomic mass is 32.1. The van der Waals surface area contributed by atoms with Gasteiger partial charge in [0, 0.05) is 17.0 Å². The molecule has 0 radical (unpaired) electrons. The average molecular weight is 358 g/mol. The van der Waals surface area contributed by atoms with Gasteiger partial charge in [0.05, 0.1) is 13.2 Å². The molecule has 1 saturated heterocycles. The second kappa shape index (κ2) is 7.48. The van der Waals surface area contributed by atoms with Crippen LogP contribution in [0, 0.1) is 5.92 Å². The van der Waals surface area contributed by atoms with E-state index in [0.717, 1.165) is 43.1 Å². The van der Waals surface area contributed by atoms with Crippen molar-refractivity contribution in [3.63, 3.8) is 0 Å². The van der Waals surface area contributed by atoms with Gasteiger partial charge in [-0.25, -0.2) is 0 Å². The Morgan fingerprint density at radius 1 is 1.24 bits per heavy atom. The van der Waals surface area contributed by atoms with Crippen LogP contribution < -0.4 is 4.74 Å². The molecule has 0 amide bonds. The van der Waals surface area contributed by atoms with E-state index in [1.165, 1.54) is 36.0 Å². The number of aryl methyl sites for hydroxylation is 2. The van der Waals surface area contributed by atoms with Crippen molar-refractivity contribution >= 4 is 11.3 Å². The van der Waals surface area contributed by atoms with Crippen molar-refractivity contribution in [3.8, 4) is 5.75 Å². The van der Waals surface area contributed by atoms with Crippen LogP contribution in [0.4, 0.5) is 0 Å². The molecule has 2 aromatic rings. The summed E-state index contributed by atoms with van der Waals surface area (Å²) in [5.41, 5.74) is 4.30. The fourth-order valence-electron chi connectivity index (χ4n) is 4.33. The van der Waals surface area contributed by atoms with E-state index < -0.39 is 0 Å². The quantitative estimate of drug-likeness (QED) is 0.871. The van der Waals surface area contributed by atoms with Crippen LogP contribution in [-0.2, 0) is 19.4 Å². The first-order chi connectivity index (χ1) is 12.2. The molecule has 1 N–H and O–H groups in total. The lowest BCUT2D eigenvalue weighted by molar-refractivity contribution is 0.0588. The molecule has 134 valence electrons. The van der Waals surface area contributed by atoms with E-state index in [2.05, 4.69) is 23.1 Å². The summed E-state index contributed by atoms with van der Waals surface area (Å²) < 4.78 is 5.66. The number of hydrogen-bond donors (Lipinski definition) is 1. The van der Waals surface area contributed by atoms with Gasteiger partial charge in [0.2, 0.25) is 0 Å². The summed E-state index contributed by atoms with van der Waals surface area (Å²) in [5.74, 6) is 1.43. The highest BCUT2D eigenvalue weighted by Crippen LogP contribution is 2.35. The maximum atomic E-state index is 10.6. The molecule has 0 spiro atoms. The highest BCUT2D eigenvalue weighted by molar-refractivity contribution is 7.10. The van der Waals surface area contributed by atoms with Crippen molar-refractivity contribution in [3.05, 3.63) is 51.2 Å². The number of ether oxygens (including phenoxy) is 1. The van der Waals surface area contributed by atoms with E-state index in [1.54, 1.807) is 18.4 Å². The fraction of sp³-hybridized carbons (Fsp3) is 0.524. The summed E-state index contributed by atoms with van der Waals surface area (Å²) in [6, 6.07) is 8.70.